The van der Waals surface area contributed by atoms with Crippen molar-refractivity contribution in [3.8, 4) is 6.07 Å². The van der Waals surface area contributed by atoms with Crippen molar-refractivity contribution < 1.29 is 4.74 Å². The first-order valence-corrected chi connectivity index (χ1v) is 7.49. The number of likely N-dealkylation sites (tertiary alicyclic amines) is 1. The van der Waals surface area contributed by atoms with E-state index in [9.17, 15) is 5.26 Å². The van der Waals surface area contributed by atoms with Crippen molar-refractivity contribution in [3.05, 3.63) is 0 Å². The summed E-state index contributed by atoms with van der Waals surface area (Å²) in [7, 11) is 1.79. The van der Waals surface area contributed by atoms with Crippen LogP contribution in [0.4, 0.5) is 0 Å². The van der Waals surface area contributed by atoms with Crippen LogP contribution in [0.25, 0.3) is 0 Å². The monoisotopic (exact) mass is 267 g/mol. The Kier molecular flexibility index (Phi) is 6.78. The van der Waals surface area contributed by atoms with Crippen molar-refractivity contribution in [1.82, 2.24) is 10.2 Å². The van der Waals surface area contributed by atoms with Crippen molar-refractivity contribution in [2.24, 2.45) is 0 Å². The third-order valence-corrected chi connectivity index (χ3v) is 4.02. The maximum Gasteiger partial charge on any atom is 0.106 e. The van der Waals surface area contributed by atoms with Gasteiger partial charge in [-0.25, -0.2) is 0 Å². The van der Waals surface area contributed by atoms with Crippen LogP contribution in [0.2, 0.25) is 0 Å². The molecule has 0 radical (unpaired) electrons. The second-order valence-corrected chi connectivity index (χ2v) is 5.90. The van der Waals surface area contributed by atoms with Crippen molar-refractivity contribution in [2.75, 3.05) is 26.7 Å². The van der Waals surface area contributed by atoms with E-state index in [0.717, 1.165) is 45.3 Å². The molecule has 1 rings (SSSR count). The van der Waals surface area contributed by atoms with E-state index in [-0.39, 0.29) is 5.54 Å². The summed E-state index contributed by atoms with van der Waals surface area (Å²) in [5, 5.41) is 12.9. The largest absolute Gasteiger partial charge is 0.380 e. The van der Waals surface area contributed by atoms with Crippen LogP contribution >= 0.6 is 0 Å². The molecule has 1 saturated heterocycles. The van der Waals surface area contributed by atoms with Gasteiger partial charge in [0.25, 0.3) is 0 Å². The molecule has 0 bridgehead atoms. The predicted molar refractivity (Wildman–Crippen MR) is 78.0 cm³/mol. The zero-order chi connectivity index (χ0) is 14.3. The van der Waals surface area contributed by atoms with E-state index in [1.165, 1.54) is 0 Å². The highest BCUT2D eigenvalue weighted by atomic mass is 16.5. The maximum absolute atomic E-state index is 9.45. The molecule has 0 aromatic rings. The SMILES string of the molecule is CCC(C#N)(CCCN1CCC(OC)C1)NC(C)C. The van der Waals surface area contributed by atoms with Crippen LogP contribution in [0.15, 0.2) is 0 Å². The van der Waals surface area contributed by atoms with E-state index in [1.54, 1.807) is 7.11 Å². The highest BCUT2D eigenvalue weighted by Crippen LogP contribution is 2.19. The summed E-state index contributed by atoms with van der Waals surface area (Å²) >= 11 is 0. The summed E-state index contributed by atoms with van der Waals surface area (Å²) in [6.07, 6.45) is 4.39. The van der Waals surface area contributed by atoms with Crippen molar-refractivity contribution >= 4 is 0 Å². The normalized spacial score (nSPS) is 23.5. The third kappa shape index (κ3) is 5.10. The number of nitrogens with zero attached hydrogens (tertiary/aromatic N) is 2. The van der Waals surface area contributed by atoms with E-state index in [1.807, 2.05) is 0 Å². The van der Waals surface area contributed by atoms with Crippen molar-refractivity contribution in [1.29, 1.82) is 5.26 Å². The van der Waals surface area contributed by atoms with Crippen LogP contribution in [0.5, 0.6) is 0 Å². The molecule has 0 aliphatic carbocycles. The first-order valence-electron chi connectivity index (χ1n) is 7.49. The second kappa shape index (κ2) is 7.84. The first kappa shape index (κ1) is 16.4. The maximum atomic E-state index is 9.45. The molecule has 1 aliphatic rings. The predicted octanol–water partition coefficient (Wildman–Crippen LogP) is 2.16. The van der Waals surface area contributed by atoms with Gasteiger partial charge in [-0.2, -0.15) is 5.26 Å². The minimum atomic E-state index is -0.353. The molecule has 1 aliphatic heterocycles. The van der Waals surface area contributed by atoms with Crippen LogP contribution in [-0.2, 0) is 4.74 Å². The Morgan fingerprint density at radius 2 is 2.26 bits per heavy atom. The number of hydrogen-bond acceptors (Lipinski definition) is 4. The zero-order valence-corrected chi connectivity index (χ0v) is 12.9. The summed E-state index contributed by atoms with van der Waals surface area (Å²) < 4.78 is 5.38. The standard InChI is InChI=1S/C15H29N3O/c1-5-15(12-16,17-13(2)3)8-6-9-18-10-7-14(11-18)19-4/h13-14,17H,5-11H2,1-4H3. The Labute approximate surface area is 118 Å². The van der Waals surface area contributed by atoms with Crippen LogP contribution in [0.1, 0.15) is 46.5 Å². The number of rotatable bonds is 8. The Balaban J connectivity index is 2.35. The molecule has 110 valence electrons. The number of ether oxygens (including phenoxy) is 1. The topological polar surface area (TPSA) is 48.3 Å². The van der Waals surface area contributed by atoms with Crippen LogP contribution in [-0.4, -0.2) is 49.3 Å². The average molecular weight is 267 g/mol. The highest BCUT2D eigenvalue weighted by molar-refractivity contribution is 5.06. The summed E-state index contributed by atoms with van der Waals surface area (Å²) in [4.78, 5) is 2.45. The molecule has 0 saturated carbocycles. The zero-order valence-electron chi connectivity index (χ0n) is 12.9. The van der Waals surface area contributed by atoms with E-state index >= 15 is 0 Å². The number of nitrogens with one attached hydrogen (secondary N) is 1. The molecule has 0 spiro atoms. The molecule has 19 heavy (non-hydrogen) atoms. The summed E-state index contributed by atoms with van der Waals surface area (Å²) in [6, 6.07) is 2.84. The van der Waals surface area contributed by atoms with Gasteiger partial charge in [0.2, 0.25) is 0 Å². The molecule has 2 atom stereocenters. The fourth-order valence-electron chi connectivity index (χ4n) is 2.87. The van der Waals surface area contributed by atoms with E-state index < -0.39 is 0 Å². The molecule has 0 aromatic heterocycles. The summed E-state index contributed by atoms with van der Waals surface area (Å²) in [5.41, 5.74) is -0.353. The van der Waals surface area contributed by atoms with Gasteiger partial charge < -0.3 is 9.64 Å². The van der Waals surface area contributed by atoms with Crippen LogP contribution < -0.4 is 5.32 Å². The molecule has 1 heterocycles. The molecule has 1 fully saturated rings. The van der Waals surface area contributed by atoms with E-state index in [2.05, 4.69) is 37.1 Å². The lowest BCUT2D eigenvalue weighted by molar-refractivity contribution is 0.107. The van der Waals surface area contributed by atoms with Crippen LogP contribution in [0.3, 0.4) is 0 Å². The van der Waals surface area contributed by atoms with E-state index in [4.69, 9.17) is 4.74 Å². The summed E-state index contributed by atoms with van der Waals surface area (Å²) in [5.74, 6) is 0. The molecular formula is C15H29N3O. The highest BCUT2D eigenvalue weighted by Gasteiger charge is 2.29. The minimum absolute atomic E-state index is 0.351. The van der Waals surface area contributed by atoms with Gasteiger partial charge in [0.05, 0.1) is 12.2 Å². The Morgan fingerprint density at radius 3 is 2.74 bits per heavy atom. The Hall–Kier alpha value is -0.630. The van der Waals surface area contributed by atoms with Gasteiger partial charge >= 0.3 is 0 Å². The quantitative estimate of drug-likeness (QED) is 0.732. The molecular weight excluding hydrogens is 238 g/mol. The average Bonchev–Trinajstić information content (AvgIpc) is 2.85. The fourth-order valence-corrected chi connectivity index (χ4v) is 2.87. The van der Waals surface area contributed by atoms with Gasteiger partial charge in [-0.3, -0.25) is 5.32 Å². The molecule has 4 nitrogen and oxygen atoms in total. The smallest absolute Gasteiger partial charge is 0.106 e. The van der Waals surface area contributed by atoms with Crippen LogP contribution in [0, 0.1) is 11.3 Å². The van der Waals surface area contributed by atoms with Crippen molar-refractivity contribution in [2.45, 2.75) is 64.1 Å². The second-order valence-electron chi connectivity index (χ2n) is 5.90. The third-order valence-electron chi connectivity index (χ3n) is 4.02. The molecule has 2 unspecified atom stereocenters. The lowest BCUT2D eigenvalue weighted by Crippen LogP contribution is -2.47. The van der Waals surface area contributed by atoms with Gasteiger partial charge in [-0.05, 0) is 46.1 Å². The van der Waals surface area contributed by atoms with E-state index in [0.29, 0.717) is 12.1 Å². The fraction of sp³-hybridized carbons (Fsp3) is 0.933. The molecule has 0 amide bonds. The summed E-state index contributed by atoms with van der Waals surface area (Å²) in [6.45, 7) is 9.54. The van der Waals surface area contributed by atoms with Gasteiger partial charge in [0, 0.05) is 26.2 Å². The number of nitriles is 1. The Morgan fingerprint density at radius 1 is 1.53 bits per heavy atom. The lowest BCUT2D eigenvalue weighted by Gasteiger charge is -2.29. The lowest BCUT2D eigenvalue weighted by atomic mass is 9.91. The number of hydrogen-bond donors (Lipinski definition) is 1. The molecule has 4 heteroatoms. The minimum Gasteiger partial charge on any atom is -0.380 e. The van der Waals surface area contributed by atoms with Gasteiger partial charge in [-0.1, -0.05) is 6.92 Å². The number of methoxy groups -OCH3 is 1. The molecule has 0 aromatic carbocycles. The first-order chi connectivity index (χ1) is 9.05. The van der Waals surface area contributed by atoms with Gasteiger partial charge in [0.1, 0.15) is 5.54 Å². The van der Waals surface area contributed by atoms with Gasteiger partial charge in [0.15, 0.2) is 0 Å². The Bertz CT molecular complexity index is 300. The van der Waals surface area contributed by atoms with Crippen molar-refractivity contribution in [3.63, 3.8) is 0 Å². The van der Waals surface area contributed by atoms with Gasteiger partial charge in [-0.15, -0.1) is 0 Å². The molecule has 1 N–H and O–H groups in total.